The van der Waals surface area contributed by atoms with E-state index in [9.17, 15) is 9.90 Å². The number of halogens is 1. The Labute approximate surface area is 115 Å². The molecule has 0 aliphatic heterocycles. The van der Waals surface area contributed by atoms with Crippen LogP contribution in [0.5, 0.6) is 0 Å². The molecule has 0 aliphatic carbocycles. The molecule has 0 bridgehead atoms. The van der Waals surface area contributed by atoms with Gasteiger partial charge in [-0.05, 0) is 41.4 Å². The maximum absolute atomic E-state index is 11.8. The van der Waals surface area contributed by atoms with Gasteiger partial charge >= 0.3 is 5.97 Å². The number of esters is 1. The van der Waals surface area contributed by atoms with Crippen LogP contribution in [0.1, 0.15) is 38.9 Å². The van der Waals surface area contributed by atoms with Gasteiger partial charge in [-0.3, -0.25) is 4.79 Å². The molecular formula is C13H19BrO4. The number of carbonyl (C=O) groups is 1. The minimum Gasteiger partial charge on any atom is -0.469 e. The first-order valence-electron chi connectivity index (χ1n) is 5.99. The number of furan rings is 1. The average molecular weight is 319 g/mol. The van der Waals surface area contributed by atoms with Crippen LogP contribution in [0.3, 0.4) is 0 Å². The highest BCUT2D eigenvalue weighted by molar-refractivity contribution is 9.10. The lowest BCUT2D eigenvalue weighted by molar-refractivity contribution is -0.157. The van der Waals surface area contributed by atoms with E-state index in [1.165, 1.54) is 7.11 Å². The van der Waals surface area contributed by atoms with Crippen molar-refractivity contribution < 1.29 is 19.1 Å². The Kier molecular flexibility index (Phi) is 5.41. The van der Waals surface area contributed by atoms with E-state index in [0.29, 0.717) is 16.9 Å². The maximum Gasteiger partial charge on any atom is 0.312 e. The first-order chi connectivity index (χ1) is 8.43. The summed E-state index contributed by atoms with van der Waals surface area (Å²) in [6.45, 7) is 3.61. The molecule has 2 atom stereocenters. The van der Waals surface area contributed by atoms with Crippen molar-refractivity contribution in [2.75, 3.05) is 7.11 Å². The van der Waals surface area contributed by atoms with E-state index >= 15 is 0 Å². The second-order valence-electron chi connectivity index (χ2n) is 4.47. The van der Waals surface area contributed by atoms with Gasteiger partial charge in [-0.25, -0.2) is 0 Å². The van der Waals surface area contributed by atoms with E-state index in [2.05, 4.69) is 15.9 Å². The van der Waals surface area contributed by atoms with Crippen molar-refractivity contribution in [1.29, 1.82) is 0 Å². The van der Waals surface area contributed by atoms with Crippen LogP contribution in [0.15, 0.2) is 21.2 Å². The summed E-state index contributed by atoms with van der Waals surface area (Å²) in [7, 11) is 1.33. The zero-order valence-electron chi connectivity index (χ0n) is 10.9. The Balaban J connectivity index is 2.98. The molecule has 4 nitrogen and oxygen atoms in total. The molecule has 0 aliphatic rings. The van der Waals surface area contributed by atoms with Gasteiger partial charge in [0.2, 0.25) is 0 Å². The van der Waals surface area contributed by atoms with E-state index in [0.717, 1.165) is 12.8 Å². The van der Waals surface area contributed by atoms with Crippen LogP contribution in [0, 0.1) is 5.92 Å². The van der Waals surface area contributed by atoms with Crippen LogP contribution < -0.4 is 0 Å². The maximum atomic E-state index is 11.8. The third-order valence-electron chi connectivity index (χ3n) is 3.08. The van der Waals surface area contributed by atoms with Crippen molar-refractivity contribution in [1.82, 2.24) is 0 Å². The van der Waals surface area contributed by atoms with E-state index in [-0.39, 0.29) is 0 Å². The molecule has 0 saturated carbocycles. The van der Waals surface area contributed by atoms with Gasteiger partial charge in [-0.2, -0.15) is 0 Å². The summed E-state index contributed by atoms with van der Waals surface area (Å²) in [6, 6.07) is 3.35. The molecule has 5 heteroatoms. The zero-order chi connectivity index (χ0) is 13.8. The number of rotatable bonds is 6. The predicted molar refractivity (Wildman–Crippen MR) is 71.0 cm³/mol. The average Bonchev–Trinajstić information content (AvgIpc) is 2.76. The smallest absolute Gasteiger partial charge is 0.312 e. The molecule has 1 aromatic heterocycles. The Hall–Kier alpha value is -0.810. The number of aliphatic hydroxyl groups is 1. The number of ether oxygens (including phenoxy) is 1. The van der Waals surface area contributed by atoms with Crippen LogP contribution in [0.4, 0.5) is 0 Å². The highest BCUT2D eigenvalue weighted by Crippen LogP contribution is 2.35. The fourth-order valence-electron chi connectivity index (χ4n) is 1.94. The Morgan fingerprint density at radius 2 is 2.28 bits per heavy atom. The lowest BCUT2D eigenvalue weighted by Gasteiger charge is -2.29. The predicted octanol–water partition coefficient (Wildman–Crippen LogP) is 3.23. The third-order valence-corrected chi connectivity index (χ3v) is 3.51. The van der Waals surface area contributed by atoms with Crippen LogP contribution >= 0.6 is 15.9 Å². The standard InChI is InChI=1S/C13H19BrO4/c1-4-5-6-9(12(15)17-3)13(2,16)10-7-8-11(14)18-10/h7-9,16H,4-6H2,1-3H3. The molecule has 18 heavy (non-hydrogen) atoms. The highest BCUT2D eigenvalue weighted by atomic mass is 79.9. The summed E-state index contributed by atoms with van der Waals surface area (Å²) >= 11 is 3.19. The summed E-state index contributed by atoms with van der Waals surface area (Å²) < 4.78 is 10.7. The largest absolute Gasteiger partial charge is 0.469 e. The lowest BCUT2D eigenvalue weighted by atomic mass is 9.83. The SMILES string of the molecule is CCCCC(C(=O)OC)C(C)(O)c1ccc(Br)o1. The van der Waals surface area contributed by atoms with Gasteiger partial charge in [0.15, 0.2) is 4.67 Å². The van der Waals surface area contributed by atoms with Crippen LogP contribution in [-0.2, 0) is 15.1 Å². The van der Waals surface area contributed by atoms with E-state index < -0.39 is 17.5 Å². The number of unbranched alkanes of at least 4 members (excludes halogenated alkanes) is 1. The van der Waals surface area contributed by atoms with Gasteiger partial charge in [-0.1, -0.05) is 19.8 Å². The quantitative estimate of drug-likeness (QED) is 0.818. The van der Waals surface area contributed by atoms with Gasteiger partial charge in [0, 0.05) is 0 Å². The molecule has 0 radical (unpaired) electrons. The number of methoxy groups -OCH3 is 1. The Bertz CT molecular complexity index is 397. The Morgan fingerprint density at radius 1 is 1.61 bits per heavy atom. The van der Waals surface area contributed by atoms with Crippen LogP contribution in [-0.4, -0.2) is 18.2 Å². The normalized spacial score (nSPS) is 16.1. The van der Waals surface area contributed by atoms with Crippen molar-refractivity contribution in [3.05, 3.63) is 22.6 Å². The van der Waals surface area contributed by atoms with Gasteiger partial charge < -0.3 is 14.3 Å². The van der Waals surface area contributed by atoms with Crippen molar-refractivity contribution in [2.24, 2.45) is 5.92 Å². The molecule has 1 aromatic rings. The van der Waals surface area contributed by atoms with Gasteiger partial charge in [0.25, 0.3) is 0 Å². The second kappa shape index (κ2) is 6.38. The summed E-state index contributed by atoms with van der Waals surface area (Å²) in [5.41, 5.74) is -1.37. The van der Waals surface area contributed by atoms with Crippen LogP contribution in [0.2, 0.25) is 0 Å². The van der Waals surface area contributed by atoms with Crippen molar-refractivity contribution >= 4 is 21.9 Å². The minimum atomic E-state index is -1.37. The second-order valence-corrected chi connectivity index (χ2v) is 5.25. The lowest BCUT2D eigenvalue weighted by Crippen LogP contribution is -2.37. The van der Waals surface area contributed by atoms with Crippen LogP contribution in [0.25, 0.3) is 0 Å². The zero-order valence-corrected chi connectivity index (χ0v) is 12.5. The molecule has 0 amide bonds. The summed E-state index contributed by atoms with van der Waals surface area (Å²) in [5.74, 6) is -0.678. The third kappa shape index (κ3) is 3.36. The van der Waals surface area contributed by atoms with Crippen molar-refractivity contribution in [2.45, 2.75) is 38.7 Å². The first kappa shape index (κ1) is 15.2. The van der Waals surface area contributed by atoms with Gasteiger partial charge in [-0.15, -0.1) is 0 Å². The summed E-state index contributed by atoms with van der Waals surface area (Å²) in [5, 5.41) is 10.6. The molecule has 102 valence electrons. The number of carbonyl (C=O) groups excluding carboxylic acids is 1. The molecule has 0 saturated heterocycles. The molecule has 2 unspecified atom stereocenters. The molecular weight excluding hydrogens is 300 g/mol. The van der Waals surface area contributed by atoms with E-state index in [4.69, 9.17) is 9.15 Å². The minimum absolute atomic E-state index is 0.362. The topological polar surface area (TPSA) is 59.7 Å². The molecule has 0 fully saturated rings. The summed E-state index contributed by atoms with van der Waals surface area (Å²) in [6.07, 6.45) is 2.36. The molecule has 1 rings (SSSR count). The van der Waals surface area contributed by atoms with E-state index in [1.54, 1.807) is 19.1 Å². The van der Waals surface area contributed by atoms with Crippen molar-refractivity contribution in [3.63, 3.8) is 0 Å². The monoisotopic (exact) mass is 318 g/mol. The van der Waals surface area contributed by atoms with Gasteiger partial charge in [0.05, 0.1) is 13.0 Å². The number of hydrogen-bond acceptors (Lipinski definition) is 4. The summed E-state index contributed by atoms with van der Waals surface area (Å²) in [4.78, 5) is 11.8. The first-order valence-corrected chi connectivity index (χ1v) is 6.78. The van der Waals surface area contributed by atoms with Gasteiger partial charge in [0.1, 0.15) is 11.4 Å². The highest BCUT2D eigenvalue weighted by Gasteiger charge is 2.41. The molecule has 1 N–H and O–H groups in total. The Morgan fingerprint density at radius 3 is 2.72 bits per heavy atom. The van der Waals surface area contributed by atoms with Crippen molar-refractivity contribution in [3.8, 4) is 0 Å². The van der Waals surface area contributed by atoms with E-state index in [1.807, 2.05) is 6.92 Å². The number of hydrogen-bond donors (Lipinski definition) is 1. The fraction of sp³-hybridized carbons (Fsp3) is 0.615. The molecule has 0 spiro atoms. The molecule has 0 aromatic carbocycles. The molecule has 1 heterocycles. The fourth-order valence-corrected chi connectivity index (χ4v) is 2.24.